The summed E-state index contributed by atoms with van der Waals surface area (Å²) in [5, 5.41) is 11.4. The smallest absolute Gasteiger partial charge is 0.308 e. The van der Waals surface area contributed by atoms with Crippen molar-refractivity contribution in [3.63, 3.8) is 0 Å². The largest absolute Gasteiger partial charge is 0.417 e. The quantitative estimate of drug-likeness (QED) is 0.540. The maximum absolute atomic E-state index is 13.2. The van der Waals surface area contributed by atoms with Gasteiger partial charge in [-0.05, 0) is 24.3 Å². The summed E-state index contributed by atoms with van der Waals surface area (Å²) in [4.78, 5) is 3.67. The van der Waals surface area contributed by atoms with Crippen LogP contribution in [0.5, 0.6) is 0 Å². The third-order valence-corrected chi connectivity index (χ3v) is 6.22. The van der Waals surface area contributed by atoms with Crippen molar-refractivity contribution in [3.05, 3.63) is 47.4 Å². The Balaban J connectivity index is 1.77. The monoisotopic (exact) mass is 483 g/mol. The highest BCUT2D eigenvalue weighted by Crippen LogP contribution is 2.36. The Labute approximate surface area is 186 Å². The second-order valence-corrected chi connectivity index (χ2v) is 8.95. The molecule has 0 aliphatic carbocycles. The molecule has 32 heavy (non-hydrogen) atoms. The van der Waals surface area contributed by atoms with Crippen LogP contribution in [0.4, 0.5) is 18.9 Å². The zero-order valence-corrected chi connectivity index (χ0v) is 17.9. The minimum atomic E-state index is -4.81. The van der Waals surface area contributed by atoms with E-state index in [1.165, 1.54) is 18.6 Å². The predicted octanol–water partition coefficient (Wildman–Crippen LogP) is 1.23. The van der Waals surface area contributed by atoms with Crippen LogP contribution < -0.4 is 15.6 Å². The van der Waals surface area contributed by atoms with Crippen molar-refractivity contribution < 1.29 is 21.6 Å². The van der Waals surface area contributed by atoms with E-state index < -0.39 is 31.7 Å². The second-order valence-electron chi connectivity index (χ2n) is 6.86. The average Bonchev–Trinajstić information content (AvgIpc) is 3.38. The number of aromatic nitrogens is 4. The van der Waals surface area contributed by atoms with Gasteiger partial charge in [0.15, 0.2) is 5.82 Å². The van der Waals surface area contributed by atoms with Crippen LogP contribution in [0.25, 0.3) is 11.5 Å². The molecule has 0 atom stereocenters. The van der Waals surface area contributed by atoms with Gasteiger partial charge in [-0.3, -0.25) is 14.3 Å². The molecule has 2 N–H and O–H groups in total. The summed E-state index contributed by atoms with van der Waals surface area (Å²) in [7, 11) is -2.73. The van der Waals surface area contributed by atoms with E-state index in [0.717, 1.165) is 12.1 Å². The molecule has 3 heterocycles. The van der Waals surface area contributed by atoms with Gasteiger partial charge in [0.05, 0.1) is 21.2 Å². The molecule has 1 aromatic carbocycles. The van der Waals surface area contributed by atoms with E-state index in [9.17, 15) is 21.6 Å². The molecular formula is C17H14BClF3N7O2S. The molecule has 9 nitrogen and oxygen atoms in total. The van der Waals surface area contributed by atoms with Crippen LogP contribution in [0.15, 0.2) is 46.8 Å². The number of alkyl halides is 3. The van der Waals surface area contributed by atoms with Crippen LogP contribution in [0.1, 0.15) is 12.0 Å². The summed E-state index contributed by atoms with van der Waals surface area (Å²) in [5.41, 5.74) is 2.34. The number of nitrogens with zero attached hydrogens (tertiary/aromatic N) is 5. The molecule has 0 amide bonds. The lowest BCUT2D eigenvalue weighted by atomic mass is 9.98. The van der Waals surface area contributed by atoms with Gasteiger partial charge in [0, 0.05) is 19.2 Å². The Hall–Kier alpha value is -3.13. The van der Waals surface area contributed by atoms with Crippen LogP contribution >= 0.6 is 11.6 Å². The summed E-state index contributed by atoms with van der Waals surface area (Å²) < 4.78 is 69.3. The summed E-state index contributed by atoms with van der Waals surface area (Å²) in [6, 6.07) is 3.85. The number of anilines is 1. The Morgan fingerprint density at radius 3 is 2.72 bits per heavy atom. The number of hydrogen-bond acceptors (Lipinski definition) is 7. The molecule has 0 fully saturated rings. The van der Waals surface area contributed by atoms with Crippen molar-refractivity contribution in [1.29, 1.82) is 0 Å². The maximum atomic E-state index is 13.2. The second kappa shape index (κ2) is 8.09. The first-order valence-corrected chi connectivity index (χ1v) is 11.0. The average molecular weight is 484 g/mol. The van der Waals surface area contributed by atoms with Gasteiger partial charge in [0.25, 0.3) is 10.0 Å². The molecule has 4 rings (SSSR count). The number of nitrogens with one attached hydrogen (secondary N) is 2. The molecule has 1 aliphatic heterocycles. The van der Waals surface area contributed by atoms with E-state index in [2.05, 4.69) is 30.4 Å². The van der Waals surface area contributed by atoms with Gasteiger partial charge in [0.2, 0.25) is 0 Å². The van der Waals surface area contributed by atoms with E-state index in [0.29, 0.717) is 30.3 Å². The molecule has 1 aliphatic rings. The Bertz CT molecular complexity index is 1330. The molecule has 166 valence electrons. The van der Waals surface area contributed by atoms with Crippen molar-refractivity contribution >= 4 is 46.5 Å². The van der Waals surface area contributed by atoms with Crippen molar-refractivity contribution in [2.45, 2.75) is 17.5 Å². The summed E-state index contributed by atoms with van der Waals surface area (Å²) in [5.74, 6) is 0.825. The topological polar surface area (TPSA) is 114 Å². The third-order valence-electron chi connectivity index (χ3n) is 4.53. The van der Waals surface area contributed by atoms with Crippen LogP contribution in [0, 0.1) is 0 Å². The van der Waals surface area contributed by atoms with Gasteiger partial charge in [0.1, 0.15) is 25.7 Å². The van der Waals surface area contributed by atoms with Crippen molar-refractivity contribution in [2.24, 2.45) is 5.10 Å². The van der Waals surface area contributed by atoms with E-state index in [1.807, 2.05) is 0 Å². The molecule has 2 aromatic heterocycles. The fourth-order valence-corrected chi connectivity index (χ4v) is 4.36. The molecule has 0 unspecified atom stereocenters. The molecule has 0 saturated heterocycles. The van der Waals surface area contributed by atoms with E-state index in [-0.39, 0.29) is 17.2 Å². The number of sulfonamides is 1. The normalized spacial score (nSPS) is 14.2. The van der Waals surface area contributed by atoms with Gasteiger partial charge in [-0.2, -0.15) is 18.3 Å². The molecule has 15 heteroatoms. The number of halogens is 4. The highest BCUT2D eigenvalue weighted by Gasteiger charge is 2.34. The third kappa shape index (κ3) is 4.28. The van der Waals surface area contributed by atoms with Gasteiger partial charge in [-0.25, -0.2) is 8.42 Å². The number of benzene rings is 1. The zero-order valence-electron chi connectivity index (χ0n) is 16.4. The van der Waals surface area contributed by atoms with Crippen LogP contribution in [0.2, 0.25) is 5.02 Å². The zero-order chi connectivity index (χ0) is 23.1. The summed E-state index contributed by atoms with van der Waals surface area (Å²) in [6.07, 6.45) is -1.31. The highest BCUT2D eigenvalue weighted by molar-refractivity contribution is 7.92. The molecular weight excluding hydrogens is 470 g/mol. The van der Waals surface area contributed by atoms with E-state index in [1.54, 1.807) is 12.4 Å². The number of hydrogen-bond donors (Lipinski definition) is 2. The molecule has 0 saturated carbocycles. The first-order chi connectivity index (χ1) is 15.1. The minimum absolute atomic E-state index is 0.0225. The Morgan fingerprint density at radius 1 is 1.25 bits per heavy atom. The summed E-state index contributed by atoms with van der Waals surface area (Å²) >= 11 is 5.60. The predicted molar refractivity (Wildman–Crippen MR) is 114 cm³/mol. The van der Waals surface area contributed by atoms with Crippen molar-refractivity contribution in [2.75, 3.05) is 11.3 Å². The molecule has 0 spiro atoms. The lowest BCUT2D eigenvalue weighted by molar-refractivity contribution is -0.137. The number of hydrazone groups is 1. The van der Waals surface area contributed by atoms with E-state index in [4.69, 9.17) is 11.6 Å². The molecule has 3 aromatic rings. The number of rotatable bonds is 4. The lowest BCUT2D eigenvalue weighted by Gasteiger charge is -2.15. The van der Waals surface area contributed by atoms with Crippen LogP contribution in [-0.4, -0.2) is 48.4 Å². The van der Waals surface area contributed by atoms with Crippen LogP contribution in [0.3, 0.4) is 0 Å². The first-order valence-electron chi connectivity index (χ1n) is 9.12. The fraction of sp³-hybridized carbons (Fsp3) is 0.176. The van der Waals surface area contributed by atoms with Gasteiger partial charge in [-0.1, -0.05) is 17.1 Å². The molecule has 0 bridgehead atoms. The first kappa shape index (κ1) is 22.1. The Morgan fingerprint density at radius 2 is 2.03 bits per heavy atom. The summed E-state index contributed by atoms with van der Waals surface area (Å²) in [6.45, 7) is 0.617. The van der Waals surface area contributed by atoms with Gasteiger partial charge < -0.3 is 5.43 Å². The Kier molecular flexibility index (Phi) is 5.59. The molecule has 0 radical (unpaired) electrons. The highest BCUT2D eigenvalue weighted by atomic mass is 35.5. The lowest BCUT2D eigenvalue weighted by Crippen LogP contribution is -2.19. The maximum Gasteiger partial charge on any atom is 0.417 e. The number of pyridine rings is 1. The minimum Gasteiger partial charge on any atom is -0.308 e. The SMILES string of the molecule is Bc1cnc(-c2nncn2C2=NNCC2)c(NS(=O)(=O)c2ccc(Cl)c(C(F)(F)F)c2)c1. The standard InChI is InChI=1S/C17H14BClF3N7O2S/c18-9-5-13(15(23-7-9)16-27-25-8-29(16)14-3-4-24-26-14)28-32(30,31)10-1-2-12(19)11(6-10)17(20,21)22/h1-2,5-8,24,28H,3-4,18H2. The van der Waals surface area contributed by atoms with Crippen molar-refractivity contribution in [3.8, 4) is 11.5 Å². The van der Waals surface area contributed by atoms with Crippen molar-refractivity contribution in [1.82, 2.24) is 25.2 Å². The van der Waals surface area contributed by atoms with Gasteiger partial charge in [-0.15, -0.1) is 10.2 Å². The van der Waals surface area contributed by atoms with Gasteiger partial charge >= 0.3 is 6.18 Å². The van der Waals surface area contributed by atoms with E-state index >= 15 is 0 Å². The fourth-order valence-electron chi connectivity index (χ4n) is 3.05. The van der Waals surface area contributed by atoms with Crippen LogP contribution in [-0.2, 0) is 16.2 Å².